The summed E-state index contributed by atoms with van der Waals surface area (Å²) in [6.45, 7) is 0.760. The van der Waals surface area contributed by atoms with Crippen LogP contribution >= 0.6 is 11.6 Å². The van der Waals surface area contributed by atoms with Gasteiger partial charge in [-0.05, 0) is 61.9 Å². The Bertz CT molecular complexity index is 1200. The molecule has 1 aliphatic heterocycles. The fourth-order valence-electron chi connectivity index (χ4n) is 5.54. The van der Waals surface area contributed by atoms with Crippen LogP contribution in [0.1, 0.15) is 61.0 Å². The molecule has 2 aliphatic rings. The Labute approximate surface area is 207 Å². The SMILES string of the molecule is O=C(c1ccc(-c2cc(C(F)(F)F)nn2-c2ccccc2Cl)cc1)N1CCCC1C1CCCCC1. The van der Waals surface area contributed by atoms with Crippen molar-refractivity contribution in [2.45, 2.75) is 57.2 Å². The molecule has 5 rings (SSSR count). The summed E-state index contributed by atoms with van der Waals surface area (Å²) >= 11 is 6.27. The van der Waals surface area contributed by atoms with Crippen molar-refractivity contribution in [1.82, 2.24) is 14.7 Å². The van der Waals surface area contributed by atoms with E-state index in [-0.39, 0.29) is 11.6 Å². The maximum Gasteiger partial charge on any atom is 0.435 e. The third kappa shape index (κ3) is 4.83. The first-order valence-corrected chi connectivity index (χ1v) is 12.5. The smallest absolute Gasteiger partial charge is 0.335 e. The molecule has 8 heteroatoms. The van der Waals surface area contributed by atoms with Crippen LogP contribution in [0.3, 0.4) is 0 Å². The predicted octanol–water partition coefficient (Wildman–Crippen LogP) is 7.40. The zero-order chi connectivity index (χ0) is 24.6. The van der Waals surface area contributed by atoms with E-state index in [1.54, 1.807) is 48.5 Å². The summed E-state index contributed by atoms with van der Waals surface area (Å²) in [5.74, 6) is 0.570. The van der Waals surface area contributed by atoms with Gasteiger partial charge in [-0.2, -0.15) is 18.3 Å². The molecule has 184 valence electrons. The van der Waals surface area contributed by atoms with E-state index in [1.165, 1.54) is 36.8 Å². The number of nitrogens with zero attached hydrogens (tertiary/aromatic N) is 3. The summed E-state index contributed by atoms with van der Waals surface area (Å²) in [5.41, 5.74) is 0.684. The van der Waals surface area contributed by atoms with Crippen LogP contribution in [-0.2, 0) is 6.18 Å². The molecular formula is C27H27ClF3N3O. The highest BCUT2D eigenvalue weighted by Gasteiger charge is 2.37. The third-order valence-corrected chi connectivity index (χ3v) is 7.58. The standard InChI is InChI=1S/C27H27ClF3N3O/c28-21-9-4-5-10-23(21)34-24(17-25(32-34)27(29,30)31)19-12-14-20(15-13-19)26(35)33-16-6-11-22(33)18-7-2-1-3-8-18/h4-5,9-10,12-15,17-18,22H,1-3,6-8,11,16H2. The molecule has 1 aliphatic carbocycles. The first kappa shape index (κ1) is 23.9. The maximum absolute atomic E-state index is 13.5. The van der Waals surface area contributed by atoms with E-state index in [1.807, 2.05) is 4.90 Å². The number of rotatable bonds is 4. The molecule has 1 saturated carbocycles. The van der Waals surface area contributed by atoms with E-state index in [9.17, 15) is 18.0 Å². The zero-order valence-corrected chi connectivity index (χ0v) is 20.0. The summed E-state index contributed by atoms with van der Waals surface area (Å²) in [5, 5.41) is 4.10. The van der Waals surface area contributed by atoms with Gasteiger partial charge in [0.05, 0.1) is 16.4 Å². The number of benzene rings is 2. The second-order valence-electron chi connectivity index (χ2n) is 9.46. The average molecular weight is 502 g/mol. The molecule has 35 heavy (non-hydrogen) atoms. The molecule has 0 bridgehead atoms. The fraction of sp³-hybridized carbons (Fsp3) is 0.407. The van der Waals surface area contributed by atoms with Gasteiger partial charge >= 0.3 is 6.18 Å². The van der Waals surface area contributed by atoms with Gasteiger partial charge in [0.25, 0.3) is 5.91 Å². The van der Waals surface area contributed by atoms with Gasteiger partial charge in [-0.15, -0.1) is 0 Å². The lowest BCUT2D eigenvalue weighted by Gasteiger charge is -2.34. The minimum Gasteiger partial charge on any atom is -0.335 e. The second-order valence-corrected chi connectivity index (χ2v) is 9.87. The van der Waals surface area contributed by atoms with Crippen molar-refractivity contribution in [1.29, 1.82) is 0 Å². The number of carbonyl (C=O) groups is 1. The van der Waals surface area contributed by atoms with Crippen molar-refractivity contribution in [2.75, 3.05) is 6.54 Å². The van der Waals surface area contributed by atoms with Crippen molar-refractivity contribution < 1.29 is 18.0 Å². The molecule has 1 amide bonds. The van der Waals surface area contributed by atoms with Crippen molar-refractivity contribution >= 4 is 17.5 Å². The highest BCUT2D eigenvalue weighted by molar-refractivity contribution is 6.32. The van der Waals surface area contributed by atoms with E-state index >= 15 is 0 Å². The van der Waals surface area contributed by atoms with Crippen LogP contribution in [-0.4, -0.2) is 33.2 Å². The molecule has 0 radical (unpaired) electrons. The first-order chi connectivity index (χ1) is 16.8. The fourth-order valence-corrected chi connectivity index (χ4v) is 5.75. The number of amides is 1. The lowest BCUT2D eigenvalue weighted by molar-refractivity contribution is -0.141. The largest absolute Gasteiger partial charge is 0.435 e. The molecule has 3 aromatic rings. The normalized spacial score (nSPS) is 19.3. The number of aromatic nitrogens is 2. The number of carbonyl (C=O) groups excluding carboxylic acids is 1. The molecule has 1 saturated heterocycles. The highest BCUT2D eigenvalue weighted by Crippen LogP contribution is 2.36. The number of hydrogen-bond donors (Lipinski definition) is 0. The Morgan fingerprint density at radius 1 is 0.943 bits per heavy atom. The Hall–Kier alpha value is -2.80. The highest BCUT2D eigenvalue weighted by atomic mass is 35.5. The van der Waals surface area contributed by atoms with Gasteiger partial charge in [-0.1, -0.05) is 55.1 Å². The number of halogens is 4. The molecule has 0 spiro atoms. The van der Waals surface area contributed by atoms with Gasteiger partial charge in [0, 0.05) is 23.7 Å². The Kier molecular flexibility index (Phi) is 6.62. The van der Waals surface area contributed by atoms with Gasteiger partial charge in [-0.25, -0.2) is 4.68 Å². The molecule has 2 fully saturated rings. The number of alkyl halides is 3. The molecule has 4 nitrogen and oxygen atoms in total. The van der Waals surface area contributed by atoms with Crippen molar-refractivity contribution in [2.24, 2.45) is 5.92 Å². The molecule has 1 aromatic heterocycles. The average Bonchev–Trinajstić information content (AvgIpc) is 3.53. The topological polar surface area (TPSA) is 38.1 Å². The van der Waals surface area contributed by atoms with Crippen LogP contribution in [0.25, 0.3) is 16.9 Å². The third-order valence-electron chi connectivity index (χ3n) is 7.26. The van der Waals surface area contributed by atoms with Crippen LogP contribution in [0, 0.1) is 5.92 Å². The lowest BCUT2D eigenvalue weighted by atomic mass is 9.83. The second kappa shape index (κ2) is 9.69. The number of likely N-dealkylation sites (tertiary alicyclic amines) is 1. The van der Waals surface area contributed by atoms with Crippen LogP contribution in [0.2, 0.25) is 5.02 Å². The maximum atomic E-state index is 13.5. The Morgan fingerprint density at radius 3 is 2.34 bits per heavy atom. The molecule has 1 unspecified atom stereocenters. The number of hydrogen-bond acceptors (Lipinski definition) is 2. The van der Waals surface area contributed by atoms with Gasteiger partial charge in [0.2, 0.25) is 0 Å². The summed E-state index contributed by atoms with van der Waals surface area (Å²) < 4.78 is 41.7. The summed E-state index contributed by atoms with van der Waals surface area (Å²) in [7, 11) is 0. The zero-order valence-electron chi connectivity index (χ0n) is 19.3. The van der Waals surface area contributed by atoms with Crippen molar-refractivity contribution in [3.05, 3.63) is 70.9 Å². The molecule has 2 aromatic carbocycles. The Balaban J connectivity index is 1.44. The van der Waals surface area contributed by atoms with Gasteiger partial charge in [-0.3, -0.25) is 4.79 Å². The van der Waals surface area contributed by atoms with Crippen LogP contribution < -0.4 is 0 Å². The summed E-state index contributed by atoms with van der Waals surface area (Å²) in [6, 6.07) is 14.7. The molecule has 0 N–H and O–H groups in total. The summed E-state index contributed by atoms with van der Waals surface area (Å²) in [4.78, 5) is 15.4. The number of para-hydroxylation sites is 1. The minimum absolute atomic E-state index is 0.000200. The molecular weight excluding hydrogens is 475 g/mol. The summed E-state index contributed by atoms with van der Waals surface area (Å²) in [6.07, 6.45) is 3.57. The quantitative estimate of drug-likeness (QED) is 0.373. The van der Waals surface area contributed by atoms with E-state index in [0.29, 0.717) is 33.8 Å². The minimum atomic E-state index is -4.60. The van der Waals surface area contributed by atoms with E-state index in [0.717, 1.165) is 25.5 Å². The predicted molar refractivity (Wildman–Crippen MR) is 130 cm³/mol. The van der Waals surface area contributed by atoms with Crippen molar-refractivity contribution in [3.63, 3.8) is 0 Å². The Morgan fingerprint density at radius 2 is 1.66 bits per heavy atom. The van der Waals surface area contributed by atoms with Gasteiger partial charge in [0.15, 0.2) is 5.69 Å². The molecule has 1 atom stereocenters. The van der Waals surface area contributed by atoms with E-state index in [4.69, 9.17) is 11.6 Å². The van der Waals surface area contributed by atoms with Gasteiger partial charge < -0.3 is 4.90 Å². The van der Waals surface area contributed by atoms with Crippen LogP contribution in [0.5, 0.6) is 0 Å². The van der Waals surface area contributed by atoms with Gasteiger partial charge in [0.1, 0.15) is 0 Å². The lowest BCUT2D eigenvalue weighted by Crippen LogP contribution is -2.40. The van der Waals surface area contributed by atoms with Crippen LogP contribution in [0.4, 0.5) is 13.2 Å². The van der Waals surface area contributed by atoms with E-state index in [2.05, 4.69) is 5.10 Å². The molecule has 2 heterocycles. The van der Waals surface area contributed by atoms with Crippen LogP contribution in [0.15, 0.2) is 54.6 Å². The van der Waals surface area contributed by atoms with E-state index < -0.39 is 11.9 Å². The van der Waals surface area contributed by atoms with Crippen molar-refractivity contribution in [3.8, 4) is 16.9 Å². The monoisotopic (exact) mass is 501 g/mol. The first-order valence-electron chi connectivity index (χ1n) is 12.2.